The number of carbonyl (C=O) groups excluding carboxylic acids is 16. The first kappa shape index (κ1) is 116. The number of hydroxylamine groups is 8. The molecule has 0 saturated carbocycles. The molecule has 8 amide bonds. The molecule has 0 heterocycles. The fraction of sp³-hybridized carbons (Fsp3) is 0.193. The number of carbonyl (C=O) groups is 16. The molecule has 0 aromatic heterocycles. The number of amides is 8. The first-order chi connectivity index (χ1) is 69.0. The quantitative estimate of drug-likeness (QED) is 0.0416. The number of hydrogen-bond acceptors (Lipinski definition) is 28. The van der Waals surface area contributed by atoms with E-state index in [9.17, 15) is 76.7 Å². The molecule has 0 spiro atoms. The van der Waals surface area contributed by atoms with E-state index in [0.717, 1.165) is 66.8 Å². The number of nitrogens with one attached hydrogen (secondary N) is 8. The van der Waals surface area contributed by atoms with Crippen LogP contribution < -0.4 is 43.8 Å². The molecule has 37 heteroatoms. The molecule has 36 nitrogen and oxygen atoms in total. The summed E-state index contributed by atoms with van der Waals surface area (Å²) in [6.07, 6.45) is -3.21. The van der Waals surface area contributed by atoms with Crippen LogP contribution in [-0.4, -0.2) is 120 Å². The van der Waals surface area contributed by atoms with Gasteiger partial charge in [0.1, 0.15) is 24.4 Å². The minimum Gasteiger partial charge on any atom is -0.446 e. The lowest BCUT2D eigenvalue weighted by molar-refractivity contribution is -0.128. The molecule has 12 aromatic rings. The van der Waals surface area contributed by atoms with Crippen LogP contribution in [0.5, 0.6) is 0 Å². The van der Waals surface area contributed by atoms with Crippen LogP contribution in [0.2, 0.25) is 5.02 Å². The summed E-state index contributed by atoms with van der Waals surface area (Å²) in [6.45, 7) is 23.3. The highest BCUT2D eigenvalue weighted by molar-refractivity contribution is 6.30. The van der Waals surface area contributed by atoms with Crippen molar-refractivity contribution >= 4 is 107 Å². The number of halogens is 1. The van der Waals surface area contributed by atoms with Gasteiger partial charge in [0.15, 0.2) is 0 Å². The fourth-order valence-electron chi connectivity index (χ4n) is 12.2. The zero-order valence-corrected chi connectivity index (χ0v) is 82.1. The molecule has 0 radical (unpaired) electrons. The second-order valence-electron chi connectivity index (χ2n) is 32.9. The summed E-state index contributed by atoms with van der Waals surface area (Å²) in [5.74, 6) is -6.69. The molecule has 0 atom stereocenters. The van der Waals surface area contributed by atoms with Crippen molar-refractivity contribution in [3.63, 3.8) is 0 Å². The Hall–Kier alpha value is -18.4. The van der Waals surface area contributed by atoms with E-state index in [2.05, 4.69) is 58.8 Å². The highest BCUT2D eigenvalue weighted by Crippen LogP contribution is 2.46. The number of fused-ring (bicyclic) bond motifs is 6. The van der Waals surface area contributed by atoms with E-state index >= 15 is 0 Å². The van der Waals surface area contributed by atoms with E-state index < -0.39 is 107 Å². The summed E-state index contributed by atoms with van der Waals surface area (Å²) in [4.78, 5) is 216. The van der Waals surface area contributed by atoms with Crippen molar-refractivity contribution in [1.82, 2.24) is 43.8 Å². The molecule has 14 rings (SSSR count). The van der Waals surface area contributed by atoms with Gasteiger partial charge in [-0.1, -0.05) is 241 Å². The van der Waals surface area contributed by atoms with E-state index in [1.807, 2.05) is 139 Å². The first-order valence-corrected chi connectivity index (χ1v) is 44.5. The second kappa shape index (κ2) is 59.3. The summed E-state index contributed by atoms with van der Waals surface area (Å²) in [7, 11) is 0. The van der Waals surface area contributed by atoms with Crippen LogP contribution in [-0.2, 0) is 76.8 Å². The number of ether oxygens (including phenoxy) is 4. The van der Waals surface area contributed by atoms with Crippen molar-refractivity contribution in [2.75, 3.05) is 13.2 Å². The molecule has 0 bridgehead atoms. The SMILES string of the molecule is C.CC(=O)NOC(=O)c1ccc(C)cc1.CC(=O)NOC(=O)c1ccc(C)cc1.CC(=O)NOC(=O)c1ccc(Cl)cc1.CC(=O)NOC(=O)c1ccccc1.CC(C)(C)OC(=O)NOC(=O)c1ccccc1.Cc1ccc(C(=O)ONC(=O)OC(C)(C)C)cc1.Cc1ccc(C(=O)ONC(=O)OCC2c3ccccc3-c3ccccc32)cc1.O=C(NOC(=O)c1ccccc1)OCC1c2ccccc2-c2ccccc21. The lowest BCUT2D eigenvalue weighted by Gasteiger charge is -2.19. The van der Waals surface area contributed by atoms with Gasteiger partial charge in [-0.05, 0) is 223 Å². The number of benzene rings is 12. The number of hydrogen-bond donors (Lipinski definition) is 8. The van der Waals surface area contributed by atoms with Crippen LogP contribution in [0.4, 0.5) is 19.2 Å². The molecular weight excluding hydrogens is 1900 g/mol. The topological polar surface area (TPSA) is 480 Å². The number of rotatable bonds is 12. The second-order valence-corrected chi connectivity index (χ2v) is 33.3. The smallest absolute Gasteiger partial charge is 0.441 e. The molecule has 0 aliphatic heterocycles. The monoisotopic (exact) mass is 2010 g/mol. The van der Waals surface area contributed by atoms with Crippen molar-refractivity contribution in [3.05, 3.63) is 403 Å². The van der Waals surface area contributed by atoms with E-state index in [1.165, 1.54) is 39.8 Å². The van der Waals surface area contributed by atoms with Crippen LogP contribution in [0.15, 0.2) is 309 Å². The van der Waals surface area contributed by atoms with Gasteiger partial charge in [-0.2, -0.15) is 21.9 Å². The van der Waals surface area contributed by atoms with Crippen LogP contribution in [0.3, 0.4) is 0 Å². The number of aryl methyl sites for hydroxylation is 4. The normalized spacial score (nSPS) is 10.5. The Kier molecular flexibility index (Phi) is 47.3. The van der Waals surface area contributed by atoms with Gasteiger partial charge in [-0.3, -0.25) is 19.2 Å². The Bertz CT molecular complexity index is 6170. The predicted molar refractivity (Wildman–Crippen MR) is 536 cm³/mol. The highest BCUT2D eigenvalue weighted by atomic mass is 35.5. The molecule has 0 fully saturated rings. The van der Waals surface area contributed by atoms with Crippen molar-refractivity contribution < 1.29 is 134 Å². The first-order valence-electron chi connectivity index (χ1n) is 44.1. The molecule has 0 saturated heterocycles. The van der Waals surface area contributed by atoms with Gasteiger partial charge >= 0.3 is 72.1 Å². The van der Waals surface area contributed by atoms with Gasteiger partial charge in [0.25, 0.3) is 0 Å². The fourth-order valence-corrected chi connectivity index (χ4v) is 12.3. The Labute approximate surface area is 847 Å². The van der Waals surface area contributed by atoms with Gasteiger partial charge in [0, 0.05) is 44.6 Å². The zero-order chi connectivity index (χ0) is 106. The van der Waals surface area contributed by atoms with E-state index in [-0.39, 0.29) is 32.5 Å². The van der Waals surface area contributed by atoms with Gasteiger partial charge < -0.3 is 57.6 Å². The van der Waals surface area contributed by atoms with Gasteiger partial charge in [-0.15, -0.1) is 21.9 Å². The van der Waals surface area contributed by atoms with Crippen LogP contribution in [0.1, 0.15) is 216 Å². The molecule has 12 aromatic carbocycles. The van der Waals surface area contributed by atoms with Crippen LogP contribution in [0.25, 0.3) is 22.3 Å². The molecule has 0 unspecified atom stereocenters. The minimum absolute atomic E-state index is 0. The average molecular weight is 2020 g/mol. The van der Waals surface area contributed by atoms with Crippen LogP contribution >= 0.6 is 11.6 Å². The minimum atomic E-state index is -0.804. The summed E-state index contributed by atoms with van der Waals surface area (Å²) >= 11 is 5.62. The maximum Gasteiger partial charge on any atom is 0.441 e. The maximum atomic E-state index is 12.0. The molecule has 2 aliphatic carbocycles. The van der Waals surface area contributed by atoms with E-state index in [1.54, 1.807) is 242 Å². The van der Waals surface area contributed by atoms with Crippen molar-refractivity contribution in [2.45, 2.75) is 127 Å². The third-order valence-corrected chi connectivity index (χ3v) is 19.1. The predicted octanol–water partition coefficient (Wildman–Crippen LogP) is 19.3. The van der Waals surface area contributed by atoms with Crippen molar-refractivity contribution in [3.8, 4) is 22.3 Å². The standard InChI is InChI=1S/C23H19NO4.C22H17NO4.C13H17NO4.C12H15NO4.2C10H11NO3.C9H8ClNO3.C9H9NO3.CH4/c1-15-10-12-16(13-11-15)22(25)28-24-23(26)27-14-21-19-8-4-2-6-17(19)18-7-3-5-9-20(18)21;24-21(15-8-2-1-3-9-15)27-23-22(25)26-14-20-18-12-6-4-10-16(18)17-11-5-7-13-19(17)20;1-9-5-7-10(8-6-9)11(15)18-14-12(16)17-13(2,3)4;1-12(2,3)16-11(15)13-17-10(14)9-7-5-4-6-8-9;2*1-7-3-5-9(6-4-7)10(13)14-11-8(2)12;1-6(12)11-14-9(13)7-2-4-8(10)5-3-7;1-7(11)10-13-9(12)8-5-3-2-4-6-8;/h2-13,21H,14H2,1H3,(H,24,26);1-13,20H,14H2,(H,23,25);5-8H,1-4H3,(H,14,16);4-8H,1-3H3,(H,13,15);2*3-6H,1-2H3,(H,11,12);2-5H,1H3,(H,11,12);2-6H,1H3,(H,10,11);1H4. The third-order valence-electron chi connectivity index (χ3n) is 18.8. The molecule has 146 heavy (non-hydrogen) atoms. The molecular formula is C109H111ClN8O28. The summed E-state index contributed by atoms with van der Waals surface area (Å²) in [5.41, 5.74) is 30.7. The molecule has 2 aliphatic rings. The average Bonchev–Trinajstić information content (AvgIpc) is 1.62. The Morgan fingerprint density at radius 2 is 0.404 bits per heavy atom. The van der Waals surface area contributed by atoms with Gasteiger partial charge in [0.2, 0.25) is 23.6 Å². The summed E-state index contributed by atoms with van der Waals surface area (Å²) in [5, 5.41) is 0.529. The van der Waals surface area contributed by atoms with E-state index in [0.29, 0.717) is 49.5 Å². The largest absolute Gasteiger partial charge is 0.446 e. The Balaban J connectivity index is 0.000000260. The summed E-state index contributed by atoms with van der Waals surface area (Å²) in [6, 6.07) is 91.0. The van der Waals surface area contributed by atoms with Crippen molar-refractivity contribution in [1.29, 1.82) is 0 Å². The Morgan fingerprint density at radius 1 is 0.233 bits per heavy atom. The highest BCUT2D eigenvalue weighted by Gasteiger charge is 2.32. The van der Waals surface area contributed by atoms with Gasteiger partial charge in [-0.25, -0.2) is 57.5 Å². The van der Waals surface area contributed by atoms with Gasteiger partial charge in [0.05, 0.1) is 44.5 Å². The lowest BCUT2D eigenvalue weighted by atomic mass is 9.98. The molecule has 762 valence electrons. The van der Waals surface area contributed by atoms with E-state index in [4.69, 9.17) is 40.2 Å². The van der Waals surface area contributed by atoms with Crippen LogP contribution in [0, 0.1) is 27.7 Å². The summed E-state index contributed by atoms with van der Waals surface area (Å²) < 4.78 is 20.4. The lowest BCUT2D eigenvalue weighted by Crippen LogP contribution is -2.34. The van der Waals surface area contributed by atoms with Crippen molar-refractivity contribution in [2.24, 2.45) is 0 Å². The zero-order valence-electron chi connectivity index (χ0n) is 81.3. The Morgan fingerprint density at radius 3 is 0.603 bits per heavy atom. The molecule has 8 N–H and O–H groups in total. The third kappa shape index (κ3) is 42.0. The maximum absolute atomic E-state index is 12.0.